The van der Waals surface area contributed by atoms with Crippen molar-refractivity contribution >= 4 is 11.8 Å². The first-order chi connectivity index (χ1) is 6.59. The minimum atomic E-state index is -0.284. The van der Waals surface area contributed by atoms with Crippen LogP contribution in [0, 0.1) is 5.92 Å². The van der Waals surface area contributed by atoms with E-state index >= 15 is 0 Å². The van der Waals surface area contributed by atoms with Crippen LogP contribution in [0.1, 0.15) is 26.7 Å². The Morgan fingerprint density at radius 1 is 1.29 bits per heavy atom. The predicted molar refractivity (Wildman–Crippen MR) is 51.5 cm³/mol. The lowest BCUT2D eigenvalue weighted by Gasteiger charge is -2.45. The van der Waals surface area contributed by atoms with Crippen LogP contribution in [0.25, 0.3) is 0 Å². The molecular weight excluding hydrogens is 180 g/mol. The van der Waals surface area contributed by atoms with Gasteiger partial charge in [-0.25, -0.2) is 0 Å². The summed E-state index contributed by atoms with van der Waals surface area (Å²) in [6.45, 7) is 4.15. The van der Waals surface area contributed by atoms with Gasteiger partial charge in [-0.2, -0.15) is 0 Å². The highest BCUT2D eigenvalue weighted by atomic mass is 16.2. The van der Waals surface area contributed by atoms with Crippen LogP contribution in [0.5, 0.6) is 0 Å². The Hall–Kier alpha value is -1.06. The monoisotopic (exact) mass is 196 g/mol. The summed E-state index contributed by atoms with van der Waals surface area (Å²) >= 11 is 0. The molecule has 2 rings (SSSR count). The maximum Gasteiger partial charge on any atom is 0.242 e. The molecule has 78 valence electrons. The summed E-state index contributed by atoms with van der Waals surface area (Å²) < 4.78 is 0. The largest absolute Gasteiger partial charge is 0.345 e. The summed E-state index contributed by atoms with van der Waals surface area (Å²) in [5, 5.41) is 2.60. The summed E-state index contributed by atoms with van der Waals surface area (Å²) in [6.07, 6.45) is 2.09. The van der Waals surface area contributed by atoms with Gasteiger partial charge in [0.2, 0.25) is 11.8 Å². The Morgan fingerprint density at radius 3 is 2.50 bits per heavy atom. The van der Waals surface area contributed by atoms with Crippen molar-refractivity contribution in [1.29, 1.82) is 0 Å². The number of nitrogens with one attached hydrogen (secondary N) is 1. The summed E-state index contributed by atoms with van der Waals surface area (Å²) in [4.78, 5) is 24.7. The zero-order chi connectivity index (χ0) is 10.3. The smallest absolute Gasteiger partial charge is 0.242 e. The number of carbonyl (C=O) groups excluding carboxylic acids is 2. The van der Waals surface area contributed by atoms with Crippen molar-refractivity contribution in [3.05, 3.63) is 0 Å². The maximum absolute atomic E-state index is 11.6. The fourth-order valence-electron chi connectivity index (χ4n) is 2.35. The van der Waals surface area contributed by atoms with Gasteiger partial charge in [-0.15, -0.1) is 0 Å². The zero-order valence-electron chi connectivity index (χ0n) is 8.62. The summed E-state index contributed by atoms with van der Waals surface area (Å²) in [6, 6.07) is 0.0206. The molecule has 0 aromatic rings. The van der Waals surface area contributed by atoms with Gasteiger partial charge < -0.3 is 10.2 Å². The number of rotatable bonds is 1. The Morgan fingerprint density at radius 2 is 1.93 bits per heavy atom. The first-order valence-corrected chi connectivity index (χ1v) is 5.18. The molecule has 0 aromatic heterocycles. The third-order valence-corrected chi connectivity index (χ3v) is 3.24. The second-order valence-electron chi connectivity index (χ2n) is 4.43. The topological polar surface area (TPSA) is 49.4 Å². The highest BCUT2D eigenvalue weighted by molar-refractivity contribution is 5.94. The van der Waals surface area contributed by atoms with Gasteiger partial charge in [-0.3, -0.25) is 9.59 Å². The third-order valence-electron chi connectivity index (χ3n) is 3.24. The molecule has 4 nitrogen and oxygen atoms in total. The normalized spacial score (nSPS) is 37.9. The fraction of sp³-hybridized carbons (Fsp3) is 0.800. The number of carbonyl (C=O) groups is 2. The van der Waals surface area contributed by atoms with E-state index in [1.54, 1.807) is 11.8 Å². The van der Waals surface area contributed by atoms with Gasteiger partial charge in [0.1, 0.15) is 6.04 Å². The van der Waals surface area contributed by atoms with Gasteiger partial charge in [-0.05, 0) is 25.7 Å². The van der Waals surface area contributed by atoms with Crippen molar-refractivity contribution in [1.82, 2.24) is 10.2 Å². The second kappa shape index (κ2) is 3.26. The molecule has 2 amide bonds. The maximum atomic E-state index is 11.6. The lowest BCUT2D eigenvalue weighted by atomic mass is 9.80. The van der Waals surface area contributed by atoms with Gasteiger partial charge in [0.25, 0.3) is 0 Å². The molecule has 2 aliphatic rings. The molecule has 1 aliphatic heterocycles. The third kappa shape index (κ3) is 1.38. The summed E-state index contributed by atoms with van der Waals surface area (Å²) in [5.41, 5.74) is 0. The number of hydrogen-bond donors (Lipinski definition) is 1. The van der Waals surface area contributed by atoms with Crippen LogP contribution in [0.4, 0.5) is 0 Å². The van der Waals surface area contributed by atoms with Crippen molar-refractivity contribution in [2.75, 3.05) is 6.54 Å². The first-order valence-electron chi connectivity index (χ1n) is 5.18. The van der Waals surface area contributed by atoms with Crippen molar-refractivity contribution in [2.24, 2.45) is 5.92 Å². The number of hydrogen-bond acceptors (Lipinski definition) is 2. The second-order valence-corrected chi connectivity index (χ2v) is 4.43. The Balaban J connectivity index is 2.07. The fourth-order valence-corrected chi connectivity index (χ4v) is 2.35. The number of nitrogens with zero attached hydrogens (tertiary/aromatic N) is 1. The van der Waals surface area contributed by atoms with Crippen LogP contribution in [0.15, 0.2) is 0 Å². The minimum Gasteiger partial charge on any atom is -0.345 e. The van der Waals surface area contributed by atoms with E-state index in [1.807, 2.05) is 0 Å². The standard InChI is InChI=1S/C10H16N2O2/c1-6-3-8(4-6)12-7(2)10(14)11-5-9(12)13/h6-8H,3-5H2,1-2H3,(H,11,14). The molecule has 0 spiro atoms. The summed E-state index contributed by atoms with van der Waals surface area (Å²) in [7, 11) is 0. The lowest BCUT2D eigenvalue weighted by molar-refractivity contribution is -0.150. The van der Waals surface area contributed by atoms with Crippen LogP contribution in [-0.4, -0.2) is 35.3 Å². The molecule has 2 fully saturated rings. The summed E-state index contributed by atoms with van der Waals surface area (Å²) in [5.74, 6) is 0.739. The first kappa shape index (κ1) is 9.49. The molecule has 4 heteroatoms. The van der Waals surface area contributed by atoms with E-state index in [4.69, 9.17) is 0 Å². The van der Waals surface area contributed by atoms with Gasteiger partial charge in [-0.1, -0.05) is 6.92 Å². The van der Waals surface area contributed by atoms with Crippen molar-refractivity contribution in [2.45, 2.75) is 38.8 Å². The molecule has 1 atom stereocenters. The Bertz CT molecular complexity index is 271. The predicted octanol–water partition coefficient (Wildman–Crippen LogP) is 0.132. The van der Waals surface area contributed by atoms with E-state index in [9.17, 15) is 9.59 Å². The van der Waals surface area contributed by atoms with E-state index in [2.05, 4.69) is 12.2 Å². The highest BCUT2D eigenvalue weighted by Gasteiger charge is 2.40. The van der Waals surface area contributed by atoms with Crippen LogP contribution in [0.2, 0.25) is 0 Å². The molecule has 1 unspecified atom stereocenters. The SMILES string of the molecule is CC1CC(N2C(=O)CNC(=O)C2C)C1. The number of amides is 2. The average molecular weight is 196 g/mol. The molecule has 1 heterocycles. The molecule has 1 aliphatic carbocycles. The molecule has 0 aromatic carbocycles. The van der Waals surface area contributed by atoms with Crippen molar-refractivity contribution < 1.29 is 9.59 Å². The average Bonchev–Trinajstić information content (AvgIpc) is 2.09. The van der Waals surface area contributed by atoms with E-state index in [-0.39, 0.29) is 24.4 Å². The zero-order valence-corrected chi connectivity index (χ0v) is 8.62. The van der Waals surface area contributed by atoms with E-state index < -0.39 is 0 Å². The molecule has 1 saturated heterocycles. The van der Waals surface area contributed by atoms with Crippen LogP contribution < -0.4 is 5.32 Å². The van der Waals surface area contributed by atoms with Gasteiger partial charge in [0, 0.05) is 6.04 Å². The molecule has 14 heavy (non-hydrogen) atoms. The van der Waals surface area contributed by atoms with Crippen LogP contribution in [-0.2, 0) is 9.59 Å². The van der Waals surface area contributed by atoms with Crippen molar-refractivity contribution in [3.8, 4) is 0 Å². The van der Waals surface area contributed by atoms with Gasteiger partial charge >= 0.3 is 0 Å². The van der Waals surface area contributed by atoms with Crippen LogP contribution >= 0.6 is 0 Å². The van der Waals surface area contributed by atoms with Gasteiger partial charge in [0.05, 0.1) is 6.54 Å². The molecular formula is C10H16N2O2. The van der Waals surface area contributed by atoms with Crippen LogP contribution in [0.3, 0.4) is 0 Å². The Kier molecular flexibility index (Phi) is 2.21. The molecule has 0 radical (unpaired) electrons. The molecule has 0 bridgehead atoms. The lowest BCUT2D eigenvalue weighted by Crippen LogP contribution is -2.62. The quantitative estimate of drug-likeness (QED) is 0.648. The molecule has 1 N–H and O–H groups in total. The highest BCUT2D eigenvalue weighted by Crippen LogP contribution is 2.32. The molecule has 1 saturated carbocycles. The minimum absolute atomic E-state index is 0.0239. The number of piperazine rings is 1. The van der Waals surface area contributed by atoms with E-state index in [0.717, 1.165) is 12.8 Å². The van der Waals surface area contributed by atoms with Gasteiger partial charge in [0.15, 0.2) is 0 Å². The van der Waals surface area contributed by atoms with E-state index in [0.29, 0.717) is 12.0 Å². The van der Waals surface area contributed by atoms with E-state index in [1.165, 1.54) is 0 Å². The van der Waals surface area contributed by atoms with Crippen molar-refractivity contribution in [3.63, 3.8) is 0 Å². The Labute approximate surface area is 83.6 Å².